The van der Waals surface area contributed by atoms with E-state index in [1.165, 1.54) is 0 Å². The molecule has 7 heteroatoms. The fraction of sp³-hybridized carbons (Fsp3) is 0.300. The molecule has 7 nitrogen and oxygen atoms in total. The lowest BCUT2D eigenvalue weighted by Gasteiger charge is -1.97. The van der Waals surface area contributed by atoms with Crippen molar-refractivity contribution in [3.05, 3.63) is 24.5 Å². The number of nitrogens with one attached hydrogen (secondary N) is 1. The average molecular weight is 236 g/mol. The van der Waals surface area contributed by atoms with Gasteiger partial charge < -0.3 is 10.5 Å². The van der Waals surface area contributed by atoms with E-state index in [2.05, 4.69) is 20.7 Å². The maximum atomic E-state index is 7.57. The molecule has 2 aromatic rings. The number of rotatable bonds is 2. The van der Waals surface area contributed by atoms with Crippen LogP contribution in [0.5, 0.6) is 0 Å². The van der Waals surface area contributed by atoms with Crippen LogP contribution < -0.4 is 11.3 Å². The highest BCUT2D eigenvalue weighted by atomic mass is 16.2. The quantitative estimate of drug-likeness (QED) is 0.507. The topological polar surface area (TPSA) is 102 Å². The van der Waals surface area contributed by atoms with Crippen molar-refractivity contribution in [3.8, 4) is 11.3 Å². The highest BCUT2D eigenvalue weighted by Gasteiger charge is 2.01. The molecule has 17 heavy (non-hydrogen) atoms. The number of nitrogens with two attached hydrogens (primary N) is 1. The third kappa shape index (κ3) is 3.82. The lowest BCUT2D eigenvalue weighted by Crippen LogP contribution is -2.08. The minimum Gasteiger partial charge on any atom is -0.397 e. The van der Waals surface area contributed by atoms with Crippen molar-refractivity contribution in [2.75, 3.05) is 12.0 Å². The monoisotopic (exact) mass is 236 g/mol. The maximum Gasteiger partial charge on any atom is 0.162 e. The molecule has 0 aliphatic heterocycles. The van der Waals surface area contributed by atoms with Crippen LogP contribution >= 0.6 is 0 Å². The average Bonchev–Trinajstić information content (AvgIpc) is 2.77. The van der Waals surface area contributed by atoms with Crippen LogP contribution in [0.4, 0.5) is 5.82 Å². The lowest BCUT2D eigenvalue weighted by atomic mass is 10.2. The molecule has 2 aromatic heterocycles. The van der Waals surface area contributed by atoms with E-state index < -0.39 is 0 Å². The summed E-state index contributed by atoms with van der Waals surface area (Å²) in [5, 5.41) is 19.5. The number of aliphatic hydroxyl groups is 1. The molecule has 2 heterocycles. The third-order valence-electron chi connectivity index (χ3n) is 1.81. The molecule has 0 amide bonds. The molecule has 0 bridgehead atoms. The number of aliphatic hydroxyl groups excluding tert-OH is 1. The zero-order chi connectivity index (χ0) is 12.7. The van der Waals surface area contributed by atoms with Crippen LogP contribution in [-0.4, -0.2) is 31.7 Å². The number of aromatic nitrogens is 4. The fourth-order valence-electron chi connectivity index (χ4n) is 1.12. The van der Waals surface area contributed by atoms with Gasteiger partial charge in [-0.1, -0.05) is 0 Å². The van der Waals surface area contributed by atoms with Crippen LogP contribution in [0.3, 0.4) is 0 Å². The van der Waals surface area contributed by atoms with E-state index in [-0.39, 0.29) is 6.61 Å². The summed E-state index contributed by atoms with van der Waals surface area (Å²) in [6.45, 7) is 1.93. The third-order valence-corrected chi connectivity index (χ3v) is 1.81. The van der Waals surface area contributed by atoms with Crippen LogP contribution in [-0.2, 0) is 7.05 Å². The second kappa shape index (κ2) is 6.56. The number of hydrazine groups is 1. The second-order valence-electron chi connectivity index (χ2n) is 3.17. The van der Waals surface area contributed by atoms with Gasteiger partial charge in [0.25, 0.3) is 0 Å². The first-order valence-corrected chi connectivity index (χ1v) is 5.11. The summed E-state index contributed by atoms with van der Waals surface area (Å²) >= 11 is 0. The molecular weight excluding hydrogens is 220 g/mol. The Morgan fingerprint density at radius 1 is 1.41 bits per heavy atom. The van der Waals surface area contributed by atoms with Gasteiger partial charge in [0, 0.05) is 25.4 Å². The molecule has 2 rings (SSSR count). The Balaban J connectivity index is 0.000000437. The van der Waals surface area contributed by atoms with Gasteiger partial charge >= 0.3 is 0 Å². The van der Waals surface area contributed by atoms with Crippen molar-refractivity contribution >= 4 is 5.82 Å². The van der Waals surface area contributed by atoms with Crippen LogP contribution in [0, 0.1) is 0 Å². The van der Waals surface area contributed by atoms with Gasteiger partial charge in [-0.15, -0.1) is 10.2 Å². The van der Waals surface area contributed by atoms with Crippen molar-refractivity contribution in [2.24, 2.45) is 12.9 Å². The lowest BCUT2D eigenvalue weighted by molar-refractivity contribution is 0.318. The van der Waals surface area contributed by atoms with Crippen molar-refractivity contribution in [2.45, 2.75) is 6.92 Å². The Morgan fingerprint density at radius 3 is 2.53 bits per heavy atom. The summed E-state index contributed by atoms with van der Waals surface area (Å²) in [5.41, 5.74) is 4.13. The SMILES string of the molecule is CCO.Cn1cc(-c2ccc(NN)nn2)cn1. The van der Waals surface area contributed by atoms with Gasteiger partial charge in [0.15, 0.2) is 5.82 Å². The largest absolute Gasteiger partial charge is 0.397 e. The highest BCUT2D eigenvalue weighted by molar-refractivity contribution is 5.57. The van der Waals surface area contributed by atoms with Gasteiger partial charge in [-0.3, -0.25) is 4.68 Å². The second-order valence-corrected chi connectivity index (χ2v) is 3.17. The van der Waals surface area contributed by atoms with Crippen molar-refractivity contribution in [1.82, 2.24) is 20.0 Å². The molecule has 0 radical (unpaired) electrons. The van der Waals surface area contributed by atoms with Crippen LogP contribution in [0.2, 0.25) is 0 Å². The van der Waals surface area contributed by atoms with Crippen molar-refractivity contribution in [3.63, 3.8) is 0 Å². The van der Waals surface area contributed by atoms with Gasteiger partial charge in [-0.05, 0) is 19.1 Å². The molecule has 0 saturated carbocycles. The van der Waals surface area contributed by atoms with Gasteiger partial charge in [0.05, 0.1) is 11.9 Å². The van der Waals surface area contributed by atoms with Crippen LogP contribution in [0.15, 0.2) is 24.5 Å². The summed E-state index contributed by atoms with van der Waals surface area (Å²) in [6, 6.07) is 3.59. The summed E-state index contributed by atoms with van der Waals surface area (Å²) < 4.78 is 1.71. The predicted molar refractivity (Wildman–Crippen MR) is 64.8 cm³/mol. The summed E-state index contributed by atoms with van der Waals surface area (Å²) in [6.07, 6.45) is 3.61. The molecule has 0 aliphatic carbocycles. The number of hydrogen-bond acceptors (Lipinski definition) is 6. The number of nitrogen functional groups attached to an aromatic ring is 1. The molecule has 0 spiro atoms. The zero-order valence-corrected chi connectivity index (χ0v) is 9.83. The van der Waals surface area contributed by atoms with Gasteiger partial charge in [0.1, 0.15) is 0 Å². The van der Waals surface area contributed by atoms with E-state index in [0.29, 0.717) is 5.82 Å². The molecule has 0 atom stereocenters. The summed E-state index contributed by atoms with van der Waals surface area (Å²) in [5.74, 6) is 5.71. The van der Waals surface area contributed by atoms with Crippen LogP contribution in [0.25, 0.3) is 11.3 Å². The first-order chi connectivity index (χ1) is 8.21. The zero-order valence-electron chi connectivity index (χ0n) is 9.83. The van der Waals surface area contributed by atoms with E-state index in [4.69, 9.17) is 10.9 Å². The molecule has 4 N–H and O–H groups in total. The molecular formula is C10H16N6O. The number of hydrogen-bond donors (Lipinski definition) is 3. The summed E-state index contributed by atoms with van der Waals surface area (Å²) in [4.78, 5) is 0. The maximum absolute atomic E-state index is 7.57. The Hall–Kier alpha value is -1.99. The number of aryl methyl sites for hydroxylation is 1. The highest BCUT2D eigenvalue weighted by Crippen LogP contribution is 2.14. The Morgan fingerprint density at radius 2 is 2.12 bits per heavy atom. The Labute approximate surface area is 99.3 Å². The van der Waals surface area contributed by atoms with Crippen molar-refractivity contribution < 1.29 is 5.11 Å². The van der Waals surface area contributed by atoms with Gasteiger partial charge in [0.2, 0.25) is 0 Å². The molecule has 0 fully saturated rings. The standard InChI is InChI=1S/C8H10N6.C2H6O/c1-14-5-6(4-10-14)7-2-3-8(11-9)13-12-7;1-2-3/h2-5H,9H2,1H3,(H,11,13);3H,2H2,1H3. The normalized spacial score (nSPS) is 9.41. The fourth-order valence-corrected chi connectivity index (χ4v) is 1.12. The first-order valence-electron chi connectivity index (χ1n) is 5.11. The van der Waals surface area contributed by atoms with Gasteiger partial charge in [-0.2, -0.15) is 5.10 Å². The van der Waals surface area contributed by atoms with E-state index in [1.54, 1.807) is 23.9 Å². The minimum absolute atomic E-state index is 0.250. The van der Waals surface area contributed by atoms with E-state index in [9.17, 15) is 0 Å². The van der Waals surface area contributed by atoms with E-state index in [0.717, 1.165) is 11.3 Å². The molecule has 92 valence electrons. The smallest absolute Gasteiger partial charge is 0.162 e. The first kappa shape index (κ1) is 13.1. The molecule has 0 aliphatic rings. The Kier molecular flexibility index (Phi) is 5.05. The Bertz CT molecular complexity index is 438. The van der Waals surface area contributed by atoms with E-state index >= 15 is 0 Å². The predicted octanol–water partition coefficient (Wildman–Crippen LogP) is 0.161. The van der Waals surface area contributed by atoms with E-state index in [1.807, 2.05) is 19.3 Å². The molecule has 0 unspecified atom stereocenters. The minimum atomic E-state index is 0.250. The number of nitrogens with zero attached hydrogens (tertiary/aromatic N) is 4. The van der Waals surface area contributed by atoms with Crippen LogP contribution in [0.1, 0.15) is 6.92 Å². The molecule has 0 saturated heterocycles. The summed E-state index contributed by atoms with van der Waals surface area (Å²) in [7, 11) is 1.85. The number of anilines is 1. The van der Waals surface area contributed by atoms with Crippen molar-refractivity contribution in [1.29, 1.82) is 0 Å². The van der Waals surface area contributed by atoms with Gasteiger partial charge in [-0.25, -0.2) is 5.84 Å². The molecule has 0 aromatic carbocycles.